The first-order valence-electron chi connectivity index (χ1n) is 6.33. The normalized spacial score (nSPS) is 15.5. The summed E-state index contributed by atoms with van der Waals surface area (Å²) in [5.41, 5.74) is 2.79. The monoisotopic (exact) mass is 234 g/mol. The third-order valence-corrected chi connectivity index (χ3v) is 3.04. The molecule has 0 spiro atoms. The molecule has 1 aliphatic rings. The van der Waals surface area contributed by atoms with Crippen LogP contribution < -0.4 is 10.6 Å². The van der Waals surface area contributed by atoms with Crippen LogP contribution in [0.1, 0.15) is 38.4 Å². The van der Waals surface area contributed by atoms with Gasteiger partial charge in [-0.3, -0.25) is 0 Å². The minimum atomic E-state index is 0.359. The lowest BCUT2D eigenvalue weighted by atomic mass is 9.92. The average Bonchev–Trinajstić information content (AvgIpc) is 2.28. The van der Waals surface area contributed by atoms with Gasteiger partial charge in [0.25, 0.3) is 0 Å². The predicted octanol–water partition coefficient (Wildman–Crippen LogP) is 1.97. The van der Waals surface area contributed by atoms with Crippen LogP contribution in [-0.2, 0) is 13.0 Å². The molecular formula is C13H22N4. The molecule has 1 aromatic heterocycles. The predicted molar refractivity (Wildman–Crippen MR) is 70.0 cm³/mol. The third-order valence-electron chi connectivity index (χ3n) is 3.04. The highest BCUT2D eigenvalue weighted by atomic mass is 15.0. The first-order valence-corrected chi connectivity index (χ1v) is 6.33. The quantitative estimate of drug-likeness (QED) is 0.839. The fourth-order valence-electron chi connectivity index (χ4n) is 1.98. The van der Waals surface area contributed by atoms with Crippen LogP contribution in [0.5, 0.6) is 0 Å². The van der Waals surface area contributed by atoms with Gasteiger partial charge in [-0.15, -0.1) is 0 Å². The minimum absolute atomic E-state index is 0.359. The summed E-state index contributed by atoms with van der Waals surface area (Å²) in [6.07, 6.45) is 3.81. The van der Waals surface area contributed by atoms with Gasteiger partial charge < -0.3 is 10.6 Å². The Kier molecular flexibility index (Phi) is 3.62. The zero-order valence-corrected chi connectivity index (χ0v) is 11.0. The summed E-state index contributed by atoms with van der Waals surface area (Å²) in [6.45, 7) is 9.63. The van der Waals surface area contributed by atoms with Crippen LogP contribution >= 0.6 is 0 Å². The van der Waals surface area contributed by atoms with Crippen molar-refractivity contribution in [3.8, 4) is 0 Å². The Morgan fingerprint density at radius 2 is 2.18 bits per heavy atom. The number of hydrogen-bond donors (Lipinski definition) is 2. The third kappa shape index (κ3) is 3.40. The summed E-state index contributed by atoms with van der Waals surface area (Å²) in [6, 6.07) is 0. The fraction of sp³-hybridized carbons (Fsp3) is 0.692. The summed E-state index contributed by atoms with van der Waals surface area (Å²) in [4.78, 5) is 8.70. The lowest BCUT2D eigenvalue weighted by molar-refractivity contribution is 0.389. The molecule has 0 saturated carbocycles. The van der Waals surface area contributed by atoms with E-state index in [0.29, 0.717) is 5.41 Å². The molecule has 2 rings (SSSR count). The van der Waals surface area contributed by atoms with E-state index in [2.05, 4.69) is 41.4 Å². The van der Waals surface area contributed by atoms with Crippen molar-refractivity contribution in [2.45, 2.75) is 40.2 Å². The number of hydrogen-bond acceptors (Lipinski definition) is 4. The van der Waals surface area contributed by atoms with Crippen LogP contribution in [0.15, 0.2) is 6.33 Å². The number of nitrogens with one attached hydrogen (secondary N) is 2. The second-order valence-corrected chi connectivity index (χ2v) is 5.81. The van der Waals surface area contributed by atoms with Crippen LogP contribution in [0.25, 0.3) is 0 Å². The summed E-state index contributed by atoms with van der Waals surface area (Å²) in [5.74, 6) is 1.01. The van der Waals surface area contributed by atoms with Crippen molar-refractivity contribution in [1.29, 1.82) is 0 Å². The Morgan fingerprint density at radius 3 is 2.94 bits per heavy atom. The molecule has 0 fully saturated rings. The highest BCUT2D eigenvalue weighted by Crippen LogP contribution is 2.21. The molecule has 0 atom stereocenters. The SMILES string of the molecule is CC(C)(C)CCNc1ncnc2c1CNCC2. The minimum Gasteiger partial charge on any atom is -0.370 e. The Bertz CT molecular complexity index is 381. The van der Waals surface area contributed by atoms with Crippen molar-refractivity contribution in [2.24, 2.45) is 5.41 Å². The van der Waals surface area contributed by atoms with E-state index >= 15 is 0 Å². The van der Waals surface area contributed by atoms with Crippen molar-refractivity contribution in [1.82, 2.24) is 15.3 Å². The summed E-state index contributed by atoms with van der Waals surface area (Å²) >= 11 is 0. The molecule has 2 heterocycles. The highest BCUT2D eigenvalue weighted by molar-refractivity contribution is 5.46. The van der Waals surface area contributed by atoms with Crippen molar-refractivity contribution in [3.05, 3.63) is 17.6 Å². The molecular weight excluding hydrogens is 212 g/mol. The van der Waals surface area contributed by atoms with Gasteiger partial charge in [0.1, 0.15) is 12.1 Å². The van der Waals surface area contributed by atoms with Gasteiger partial charge in [0, 0.05) is 31.6 Å². The molecule has 17 heavy (non-hydrogen) atoms. The second-order valence-electron chi connectivity index (χ2n) is 5.81. The van der Waals surface area contributed by atoms with Gasteiger partial charge in [0.2, 0.25) is 0 Å². The van der Waals surface area contributed by atoms with E-state index in [9.17, 15) is 0 Å². The maximum absolute atomic E-state index is 4.35. The molecule has 2 N–H and O–H groups in total. The van der Waals surface area contributed by atoms with Gasteiger partial charge in [-0.1, -0.05) is 20.8 Å². The van der Waals surface area contributed by atoms with Gasteiger partial charge in [-0.2, -0.15) is 0 Å². The molecule has 0 aromatic carbocycles. The first kappa shape index (κ1) is 12.3. The van der Waals surface area contributed by atoms with E-state index in [4.69, 9.17) is 0 Å². The van der Waals surface area contributed by atoms with Gasteiger partial charge in [-0.25, -0.2) is 9.97 Å². The van der Waals surface area contributed by atoms with Crippen LogP contribution in [0.2, 0.25) is 0 Å². The number of fused-ring (bicyclic) bond motifs is 1. The molecule has 1 aromatic rings. The zero-order chi connectivity index (χ0) is 12.3. The van der Waals surface area contributed by atoms with Crippen LogP contribution in [0.3, 0.4) is 0 Å². The second kappa shape index (κ2) is 5.00. The van der Waals surface area contributed by atoms with Crippen LogP contribution in [0.4, 0.5) is 5.82 Å². The molecule has 0 unspecified atom stereocenters. The summed E-state index contributed by atoms with van der Waals surface area (Å²) < 4.78 is 0. The maximum Gasteiger partial charge on any atom is 0.134 e. The van der Waals surface area contributed by atoms with Crippen molar-refractivity contribution in [3.63, 3.8) is 0 Å². The highest BCUT2D eigenvalue weighted by Gasteiger charge is 2.15. The van der Waals surface area contributed by atoms with E-state index < -0.39 is 0 Å². The number of aromatic nitrogens is 2. The van der Waals surface area contributed by atoms with Crippen molar-refractivity contribution < 1.29 is 0 Å². The molecule has 4 heteroatoms. The van der Waals surface area contributed by atoms with Crippen LogP contribution in [0, 0.1) is 5.41 Å². The number of rotatable bonds is 3. The van der Waals surface area contributed by atoms with Gasteiger partial charge >= 0.3 is 0 Å². The molecule has 0 saturated heterocycles. The Morgan fingerprint density at radius 1 is 1.35 bits per heavy atom. The Labute approximate surface area is 103 Å². The van der Waals surface area contributed by atoms with Gasteiger partial charge in [0.05, 0.1) is 5.69 Å². The number of nitrogens with zero attached hydrogens (tertiary/aromatic N) is 2. The lowest BCUT2D eigenvalue weighted by Gasteiger charge is -2.21. The molecule has 0 aliphatic carbocycles. The number of anilines is 1. The summed E-state index contributed by atoms with van der Waals surface area (Å²) in [5, 5.41) is 6.81. The molecule has 94 valence electrons. The Hall–Kier alpha value is -1.16. The first-order chi connectivity index (χ1) is 8.06. The Balaban J connectivity index is 2.01. The van der Waals surface area contributed by atoms with E-state index in [0.717, 1.165) is 38.3 Å². The zero-order valence-electron chi connectivity index (χ0n) is 11.0. The fourth-order valence-corrected chi connectivity index (χ4v) is 1.98. The largest absolute Gasteiger partial charge is 0.370 e. The van der Waals surface area contributed by atoms with E-state index in [1.54, 1.807) is 6.33 Å². The van der Waals surface area contributed by atoms with Gasteiger partial charge in [-0.05, 0) is 11.8 Å². The van der Waals surface area contributed by atoms with Gasteiger partial charge in [0.15, 0.2) is 0 Å². The van der Waals surface area contributed by atoms with E-state index in [1.807, 2.05) is 0 Å². The molecule has 0 bridgehead atoms. The van der Waals surface area contributed by atoms with E-state index in [-0.39, 0.29) is 0 Å². The maximum atomic E-state index is 4.35. The lowest BCUT2D eigenvalue weighted by Crippen LogP contribution is -2.26. The van der Waals surface area contributed by atoms with Crippen molar-refractivity contribution in [2.75, 3.05) is 18.4 Å². The van der Waals surface area contributed by atoms with Crippen molar-refractivity contribution >= 4 is 5.82 Å². The smallest absolute Gasteiger partial charge is 0.134 e. The standard InChI is InChI=1S/C13H22N4/c1-13(2,3)5-7-15-12-10-8-14-6-4-11(10)16-9-17-12/h9,14H,4-8H2,1-3H3,(H,15,16,17). The average molecular weight is 234 g/mol. The topological polar surface area (TPSA) is 49.8 Å². The molecule has 1 aliphatic heterocycles. The van der Waals surface area contributed by atoms with Crippen LogP contribution in [-0.4, -0.2) is 23.1 Å². The summed E-state index contributed by atoms with van der Waals surface area (Å²) in [7, 11) is 0. The molecule has 4 nitrogen and oxygen atoms in total. The molecule has 0 radical (unpaired) electrons. The van der Waals surface area contributed by atoms with E-state index in [1.165, 1.54) is 11.3 Å². The molecule has 0 amide bonds.